The number of methoxy groups -OCH3 is 3. The summed E-state index contributed by atoms with van der Waals surface area (Å²) < 4.78 is 168. The van der Waals surface area contributed by atoms with Gasteiger partial charge in [0.05, 0.1) is 107 Å². The number of ether oxygens (including phenoxy) is 15. The van der Waals surface area contributed by atoms with E-state index in [1.54, 1.807) is 67.4 Å². The number of pyridine rings is 2. The molecule has 0 spiro atoms. The van der Waals surface area contributed by atoms with Crippen LogP contribution < -0.4 is 50.9 Å². The van der Waals surface area contributed by atoms with Crippen molar-refractivity contribution in [3.63, 3.8) is 0 Å². The quantitative estimate of drug-likeness (QED) is 0.0113. The van der Waals surface area contributed by atoms with Crippen molar-refractivity contribution in [2.45, 2.75) is 208 Å². The minimum Gasteiger partial charge on any atom is -0.432 e. The van der Waals surface area contributed by atoms with Gasteiger partial charge in [-0.05, 0) is 53.7 Å². The average molecular weight is 2110 g/mol. The summed E-state index contributed by atoms with van der Waals surface area (Å²) in [6.45, 7) is -6.72. The Kier molecular flexibility index (Phi) is 36.9. The minimum atomic E-state index is -4.38. The molecule has 3 unspecified atom stereocenters. The van der Waals surface area contributed by atoms with Crippen LogP contribution in [-0.4, -0.2) is 315 Å². The first kappa shape index (κ1) is 108. The highest BCUT2D eigenvalue weighted by Gasteiger charge is 2.55. The van der Waals surface area contributed by atoms with Gasteiger partial charge in [-0.1, -0.05) is 0 Å². The Morgan fingerprint density at radius 2 is 0.716 bits per heavy atom. The first-order chi connectivity index (χ1) is 67.3. The number of aromatic nitrogens is 16. The van der Waals surface area contributed by atoms with Crippen molar-refractivity contribution in [2.24, 2.45) is 0 Å². The molecule has 141 heavy (non-hydrogen) atoms. The number of carbonyl (C=O) groups is 3. The monoisotopic (exact) mass is 2110 g/mol. The van der Waals surface area contributed by atoms with Crippen molar-refractivity contribution in [2.75, 3.05) is 96.0 Å². The van der Waals surface area contributed by atoms with Gasteiger partial charge in [0, 0.05) is 124 Å². The Bertz CT molecular complexity index is 5740. The van der Waals surface area contributed by atoms with Crippen LogP contribution in [0.15, 0.2) is 115 Å². The summed E-state index contributed by atoms with van der Waals surface area (Å²) in [7, 11) is 3.84. The number of aromatic amines is 3. The number of imidazole rings is 3. The van der Waals surface area contributed by atoms with Crippen molar-refractivity contribution >= 4 is 124 Å². The predicted octanol–water partition coefficient (Wildman–Crippen LogP) is 2.03. The van der Waals surface area contributed by atoms with E-state index in [9.17, 15) is 87.5 Å². The fourth-order valence-electron chi connectivity index (χ4n) is 15.1. The summed E-state index contributed by atoms with van der Waals surface area (Å²) in [5, 5.41) is 62.8. The molecular weight excluding hydrogens is 2000 g/mol. The molecule has 0 bridgehead atoms. The van der Waals surface area contributed by atoms with Crippen molar-refractivity contribution in [3.8, 4) is 0 Å². The first-order valence-electron chi connectivity index (χ1n) is 42.9. The molecule has 15 rings (SSSR count). The smallest absolute Gasteiger partial charge is 0.432 e. The molecule has 6 fully saturated rings. The van der Waals surface area contributed by atoms with Crippen LogP contribution in [0.25, 0.3) is 33.5 Å². The maximum absolute atomic E-state index is 14.2. The van der Waals surface area contributed by atoms with Crippen LogP contribution >= 0.6 is 54.5 Å². The van der Waals surface area contributed by atoms with Gasteiger partial charge in [-0.15, -0.1) is 0 Å². The fraction of sp³-hybridized carbons (Fsp3) is 0.584. The Morgan fingerprint density at radius 3 is 1.00 bits per heavy atom. The minimum absolute atomic E-state index is 0.0935. The third kappa shape index (κ3) is 26.4. The summed E-state index contributed by atoms with van der Waals surface area (Å²) in [5.41, 5.74) is 16.8. The van der Waals surface area contributed by atoms with Crippen molar-refractivity contribution in [1.29, 1.82) is 0 Å². The zero-order chi connectivity index (χ0) is 102. The Hall–Kier alpha value is -10.1. The van der Waals surface area contributed by atoms with Crippen LogP contribution in [0.4, 0.5) is 31.6 Å². The van der Waals surface area contributed by atoms with Gasteiger partial charge in [0.1, 0.15) is 115 Å². The fourth-order valence-corrected chi connectivity index (χ4v) is 23.5. The number of nitrogens with one attached hydrogen (secondary N) is 3. The normalized spacial score (nSPS) is 27.3. The third-order valence-electron chi connectivity index (χ3n) is 21.6. The number of hydrogen-bond donors (Lipinski definition) is 12. The lowest BCUT2D eigenvalue weighted by Gasteiger charge is -2.28. The molecule has 64 heteroatoms. The largest absolute Gasteiger partial charge is 0.509 e. The van der Waals surface area contributed by atoms with Crippen LogP contribution in [-0.2, 0) is 112 Å². The SMILES string of the molecule is COC1[C@@H](O[P@@](=O)(OC[C@H]2O[C@@H](n3cnc4c(N)ccnc43)C[C@H]2O)SCOC(=O)OC(C)C)[C@@H](CO)O[C@H]1n1ccc(=O)[nH]c1=O.COC1[C@@H](O[P@@](=O)(OC[C@H]2O[C@@H](n3cnc4c(N)ncnc43)C[C@H]2O)SCOC(=O)OC(C)C)[C@@H](CO)O[C@H]1n1ccc(=O)[nH]c1=O.COC1[C@@H](O[P@](=O)(OC[C@H]2O[C@@H](n3cnc4c(N)ccnc43)C[C@H]2O)SCOC(=O)OC(C)C)[C@@H](CO)O[C@H]1n1ccc(=O)[nH]c1=O. The Balaban J connectivity index is 0.000000178. The van der Waals surface area contributed by atoms with Gasteiger partial charge in [-0.2, -0.15) is 0 Å². The summed E-state index contributed by atoms with van der Waals surface area (Å²) >= 11 is 1.44. The second-order valence-corrected chi connectivity index (χ2v) is 44.0. The van der Waals surface area contributed by atoms with Crippen LogP contribution in [0.2, 0.25) is 0 Å². The van der Waals surface area contributed by atoms with Gasteiger partial charge in [-0.25, -0.2) is 77.4 Å². The highest BCUT2D eigenvalue weighted by Crippen LogP contribution is 2.66. The van der Waals surface area contributed by atoms with Crippen LogP contribution in [0, 0.1) is 0 Å². The van der Waals surface area contributed by atoms with Crippen molar-refractivity contribution in [3.05, 3.63) is 149 Å². The second kappa shape index (κ2) is 48.1. The zero-order valence-corrected chi connectivity index (χ0v) is 81.3. The van der Waals surface area contributed by atoms with Gasteiger partial charge < -0.3 is 119 Å². The summed E-state index contributed by atoms with van der Waals surface area (Å²) in [6, 6.07) is 6.48. The molecular formula is C77H104N19O39P3S3. The van der Waals surface area contributed by atoms with Gasteiger partial charge in [-0.3, -0.25) is 83.9 Å². The molecule has 6 saturated heterocycles. The number of nitrogens with zero attached hydrogens (tertiary/aromatic N) is 13. The molecule has 774 valence electrons. The van der Waals surface area contributed by atoms with Crippen LogP contribution in [0.1, 0.15) is 98.2 Å². The van der Waals surface area contributed by atoms with Crippen molar-refractivity contribution < 1.29 is 157 Å². The van der Waals surface area contributed by atoms with E-state index in [2.05, 4.69) is 49.8 Å². The number of aliphatic hydroxyl groups excluding tert-OH is 6. The topological polar surface area (TPSA) is 765 Å². The molecule has 15 heterocycles. The summed E-state index contributed by atoms with van der Waals surface area (Å²) in [5.74, 6) is -1.45. The lowest BCUT2D eigenvalue weighted by atomic mass is 10.1. The van der Waals surface area contributed by atoms with Gasteiger partial charge >= 0.3 is 55.9 Å². The van der Waals surface area contributed by atoms with Crippen molar-refractivity contribution in [1.82, 2.24) is 77.2 Å². The maximum Gasteiger partial charge on any atom is 0.509 e. The summed E-state index contributed by atoms with van der Waals surface area (Å²) in [6.07, 6.45) is -14.9. The Morgan fingerprint density at radius 1 is 0.418 bits per heavy atom. The van der Waals surface area contributed by atoms with Gasteiger partial charge in [0.25, 0.3) is 16.7 Å². The molecule has 24 atom stereocenters. The molecule has 0 saturated carbocycles. The number of nitrogen functional groups attached to an aromatic ring is 3. The standard InChI is InChI=1S/2C26H35N6O13PS.C25H34N7O13PS/c2*1-13(2)42-26(37)40-12-47-46(38,45-21-16(9-33)44-24(22(21)39-3)31-7-5-18(35)30-25(31)36)41-10-17-15(34)8-19(43-17)32-11-29-20-14(27)4-6-28-23(20)32;1-12(2)42-25(37)40-11-47-46(38,45-19-14(7-33)44-23(20(19)39-3)31-5-4-16(35)30-24(31)36)41-8-15-13(34)6-17(43-15)32-10-29-18-21(26)27-9-28-22(18)32/h2*4-7,11,13,15-17,19,21-22,24,33-34H,8-10,12H2,1-3H3,(H2,27,28)(H,30,35,36);4-5,9-10,12-15,17,19-20,23,33-34H,6-8,11H2,1-3H3,(H2,26,27,28)(H,30,35,36)/t15-,16-,17-,19-,21+,22?,24-,46+;15-,16-,17-,19-,21+,22?,24-,46-;13-,14-,15-,17-,19+,20?,23-,46-/m111/s1. The number of carbonyl (C=O) groups excluding carboxylic acids is 3. The van der Waals surface area contributed by atoms with E-state index in [1.807, 2.05) is 0 Å². The van der Waals surface area contributed by atoms with E-state index in [0.717, 1.165) is 31.9 Å². The number of aliphatic hydroxyl groups is 6. The maximum atomic E-state index is 14.2. The number of hydrogen-bond acceptors (Lipinski definition) is 52. The first-order valence-corrected chi connectivity index (χ1v) is 52.3. The van der Waals surface area contributed by atoms with Crippen LogP contribution in [0.5, 0.6) is 0 Å². The molecule has 0 aliphatic carbocycles. The van der Waals surface area contributed by atoms with Gasteiger partial charge in [0.2, 0.25) is 0 Å². The molecule has 9 aromatic heterocycles. The molecule has 0 radical (unpaired) electrons. The summed E-state index contributed by atoms with van der Waals surface area (Å²) in [4.78, 5) is 144. The molecule has 6 aliphatic heterocycles. The van der Waals surface area contributed by atoms with Crippen LogP contribution in [0.3, 0.4) is 0 Å². The zero-order valence-electron chi connectivity index (χ0n) is 76.2. The second-order valence-electron chi connectivity index (χ2n) is 32.1. The van der Waals surface area contributed by atoms with E-state index in [0.29, 0.717) is 79.0 Å². The third-order valence-corrected chi connectivity index (χ3v) is 31.6. The molecule has 6 aliphatic rings. The number of rotatable bonds is 39. The predicted molar refractivity (Wildman–Crippen MR) is 487 cm³/mol. The number of anilines is 3. The van der Waals surface area contributed by atoms with E-state index < -0.39 is 277 Å². The van der Waals surface area contributed by atoms with E-state index in [-0.39, 0.29) is 25.1 Å². The molecule has 9 aromatic rings. The Labute approximate surface area is 807 Å². The lowest BCUT2D eigenvalue weighted by Crippen LogP contribution is -2.39. The van der Waals surface area contributed by atoms with E-state index in [1.165, 1.54) is 77.6 Å². The number of nitrogens with two attached hydrogens (primary N) is 3. The van der Waals surface area contributed by atoms with E-state index >= 15 is 0 Å². The molecule has 15 N–H and O–H groups in total. The average Bonchev–Trinajstić information content (AvgIpc) is 1.64. The molecule has 0 aromatic carbocycles. The van der Waals surface area contributed by atoms with E-state index in [4.69, 9.17) is 115 Å². The lowest BCUT2D eigenvalue weighted by molar-refractivity contribution is -0.0625. The van der Waals surface area contributed by atoms with Gasteiger partial charge in [0.15, 0.2) is 59.3 Å². The number of fused-ring (bicyclic) bond motifs is 3. The highest BCUT2D eigenvalue weighted by atomic mass is 32.7. The highest BCUT2D eigenvalue weighted by molar-refractivity contribution is 8.55. The molecule has 0 amide bonds. The molecule has 58 nitrogen and oxygen atoms in total. The number of H-pyrrole nitrogens is 3.